The molecule has 1 aromatic carbocycles. The Morgan fingerprint density at radius 1 is 1.19 bits per heavy atom. The van der Waals surface area contributed by atoms with Crippen molar-refractivity contribution in [3.8, 4) is 0 Å². The van der Waals surface area contributed by atoms with Crippen LogP contribution in [-0.2, 0) is 19.8 Å². The van der Waals surface area contributed by atoms with E-state index in [2.05, 4.69) is 15.3 Å². The molecule has 0 spiro atoms. The van der Waals surface area contributed by atoms with Crippen molar-refractivity contribution < 1.29 is 13.2 Å². The highest BCUT2D eigenvalue weighted by Gasteiger charge is 2.33. The van der Waals surface area contributed by atoms with E-state index in [-0.39, 0.29) is 5.69 Å². The van der Waals surface area contributed by atoms with Crippen molar-refractivity contribution in [2.75, 3.05) is 31.5 Å². The van der Waals surface area contributed by atoms with E-state index < -0.39 is 11.7 Å². The zero-order valence-electron chi connectivity index (χ0n) is 15.3. The molecule has 1 N–H and O–H groups in total. The van der Waals surface area contributed by atoms with E-state index in [4.69, 9.17) is 12.2 Å². The van der Waals surface area contributed by atoms with Gasteiger partial charge in [-0.05, 0) is 31.3 Å². The normalized spacial score (nSPS) is 15.8. The summed E-state index contributed by atoms with van der Waals surface area (Å²) in [6.45, 7) is 5.76. The van der Waals surface area contributed by atoms with Gasteiger partial charge in [-0.2, -0.15) is 18.3 Å². The van der Waals surface area contributed by atoms with Crippen LogP contribution >= 0.6 is 12.2 Å². The van der Waals surface area contributed by atoms with Crippen molar-refractivity contribution >= 4 is 23.0 Å². The molecule has 1 aliphatic rings. The highest BCUT2D eigenvalue weighted by atomic mass is 32.1. The minimum absolute atomic E-state index is 0.0107. The number of alkyl halides is 3. The van der Waals surface area contributed by atoms with E-state index in [1.165, 1.54) is 17.7 Å². The van der Waals surface area contributed by atoms with Gasteiger partial charge in [0.25, 0.3) is 0 Å². The van der Waals surface area contributed by atoms with Crippen molar-refractivity contribution in [1.82, 2.24) is 19.6 Å². The van der Waals surface area contributed by atoms with Gasteiger partial charge < -0.3 is 10.2 Å². The number of para-hydroxylation sites is 1. The maximum Gasteiger partial charge on any atom is 0.418 e. The summed E-state index contributed by atoms with van der Waals surface area (Å²) in [5, 5.41) is 7.35. The molecule has 27 heavy (non-hydrogen) atoms. The minimum Gasteiger partial charge on any atom is -0.346 e. The lowest BCUT2D eigenvalue weighted by atomic mass is 10.1. The second-order valence-electron chi connectivity index (χ2n) is 6.62. The molecule has 2 heterocycles. The third-order valence-electron chi connectivity index (χ3n) is 4.86. The minimum atomic E-state index is -4.42. The van der Waals surface area contributed by atoms with Gasteiger partial charge in [-0.3, -0.25) is 9.58 Å². The predicted octanol–water partition coefficient (Wildman–Crippen LogP) is 3.26. The number of anilines is 1. The summed E-state index contributed by atoms with van der Waals surface area (Å²) >= 11 is 5.35. The molecule has 9 heteroatoms. The molecule has 0 amide bonds. The maximum atomic E-state index is 13.1. The van der Waals surface area contributed by atoms with Crippen LogP contribution in [0.25, 0.3) is 0 Å². The zero-order valence-corrected chi connectivity index (χ0v) is 16.1. The van der Waals surface area contributed by atoms with Crippen molar-refractivity contribution in [3.05, 3.63) is 47.3 Å². The molecular weight excluding hydrogens is 375 g/mol. The number of benzene rings is 1. The lowest BCUT2D eigenvalue weighted by Crippen LogP contribution is -2.49. The van der Waals surface area contributed by atoms with Crippen LogP contribution in [0.3, 0.4) is 0 Å². The van der Waals surface area contributed by atoms with Gasteiger partial charge in [0.1, 0.15) is 0 Å². The zero-order chi connectivity index (χ0) is 19.6. The Bertz CT molecular complexity index is 810. The van der Waals surface area contributed by atoms with Crippen molar-refractivity contribution in [2.24, 2.45) is 7.05 Å². The molecule has 0 unspecified atom stereocenters. The fourth-order valence-electron chi connectivity index (χ4n) is 3.08. The molecule has 1 fully saturated rings. The van der Waals surface area contributed by atoms with Gasteiger partial charge in [-0.1, -0.05) is 12.1 Å². The second kappa shape index (κ2) is 7.85. The molecule has 2 aromatic rings. The lowest BCUT2D eigenvalue weighted by Gasteiger charge is -2.36. The highest BCUT2D eigenvalue weighted by molar-refractivity contribution is 7.80. The molecule has 0 saturated carbocycles. The highest BCUT2D eigenvalue weighted by Crippen LogP contribution is 2.34. The van der Waals surface area contributed by atoms with Gasteiger partial charge in [-0.25, -0.2) is 0 Å². The SMILES string of the molecule is Cc1c(CN2CCN(C(=S)Nc3ccccc3C(F)(F)F)CC2)cnn1C. The van der Waals surface area contributed by atoms with Crippen LogP contribution in [0.4, 0.5) is 18.9 Å². The molecule has 3 rings (SSSR count). The molecule has 0 radical (unpaired) electrons. The monoisotopic (exact) mass is 397 g/mol. The van der Waals surface area contributed by atoms with Crippen LogP contribution in [-0.4, -0.2) is 50.9 Å². The van der Waals surface area contributed by atoms with Crippen LogP contribution in [0.1, 0.15) is 16.8 Å². The van der Waals surface area contributed by atoms with E-state index in [1.54, 1.807) is 6.07 Å². The summed E-state index contributed by atoms with van der Waals surface area (Å²) < 4.78 is 41.2. The number of thiocarbonyl (C=S) groups is 1. The first kappa shape index (κ1) is 19.6. The Kier molecular flexibility index (Phi) is 5.71. The Morgan fingerprint density at radius 2 is 1.85 bits per heavy atom. The van der Waals surface area contributed by atoms with E-state index >= 15 is 0 Å². The second-order valence-corrected chi connectivity index (χ2v) is 7.00. The summed E-state index contributed by atoms with van der Waals surface area (Å²) in [7, 11) is 1.92. The van der Waals surface area contributed by atoms with Crippen LogP contribution in [0, 0.1) is 6.92 Å². The van der Waals surface area contributed by atoms with Gasteiger partial charge in [0.05, 0.1) is 17.4 Å². The van der Waals surface area contributed by atoms with Crippen LogP contribution in [0.5, 0.6) is 0 Å². The molecule has 1 saturated heterocycles. The molecular formula is C18H22F3N5S. The van der Waals surface area contributed by atoms with E-state index in [0.717, 1.165) is 31.4 Å². The quantitative estimate of drug-likeness (QED) is 0.805. The van der Waals surface area contributed by atoms with Crippen molar-refractivity contribution in [1.29, 1.82) is 0 Å². The average Bonchev–Trinajstić information content (AvgIpc) is 2.94. The number of hydrogen-bond donors (Lipinski definition) is 1. The third kappa shape index (κ3) is 4.59. The molecule has 1 aliphatic heterocycles. The first-order valence-corrected chi connectivity index (χ1v) is 9.08. The number of aromatic nitrogens is 2. The van der Waals surface area contributed by atoms with Gasteiger partial charge >= 0.3 is 6.18 Å². The summed E-state index contributed by atoms with van der Waals surface area (Å²) in [6.07, 6.45) is -2.54. The maximum absolute atomic E-state index is 13.1. The summed E-state index contributed by atoms with van der Waals surface area (Å²) in [5.41, 5.74) is 1.60. The summed E-state index contributed by atoms with van der Waals surface area (Å²) in [6, 6.07) is 5.39. The molecule has 0 aliphatic carbocycles. The smallest absolute Gasteiger partial charge is 0.346 e. The Balaban J connectivity index is 1.57. The van der Waals surface area contributed by atoms with E-state index in [9.17, 15) is 13.2 Å². The van der Waals surface area contributed by atoms with Gasteiger partial charge in [-0.15, -0.1) is 0 Å². The number of piperazine rings is 1. The number of hydrogen-bond acceptors (Lipinski definition) is 3. The standard InChI is InChI=1S/C18H22F3N5S/c1-13-14(11-22-24(13)2)12-25-7-9-26(10-8-25)17(27)23-16-6-4-3-5-15(16)18(19,20)21/h3-6,11H,7-10,12H2,1-2H3,(H,23,27). The Morgan fingerprint density at radius 3 is 2.44 bits per heavy atom. The molecule has 0 atom stereocenters. The van der Waals surface area contributed by atoms with Crippen molar-refractivity contribution in [3.63, 3.8) is 0 Å². The summed E-state index contributed by atoms with van der Waals surface area (Å²) in [5.74, 6) is 0. The first-order chi connectivity index (χ1) is 12.8. The van der Waals surface area contributed by atoms with Crippen LogP contribution < -0.4 is 5.32 Å². The number of rotatable bonds is 3. The summed E-state index contributed by atoms with van der Waals surface area (Å²) in [4.78, 5) is 4.21. The average molecular weight is 397 g/mol. The topological polar surface area (TPSA) is 36.3 Å². The van der Waals surface area contributed by atoms with E-state index in [0.29, 0.717) is 18.2 Å². The number of nitrogens with zero attached hydrogens (tertiary/aromatic N) is 4. The largest absolute Gasteiger partial charge is 0.418 e. The van der Waals surface area contributed by atoms with Gasteiger partial charge in [0.2, 0.25) is 0 Å². The van der Waals surface area contributed by atoms with Gasteiger partial charge in [0, 0.05) is 51.0 Å². The molecule has 0 bridgehead atoms. The predicted molar refractivity (Wildman–Crippen MR) is 102 cm³/mol. The van der Waals surface area contributed by atoms with Crippen LogP contribution in [0.2, 0.25) is 0 Å². The fourth-order valence-corrected chi connectivity index (χ4v) is 3.38. The fraction of sp³-hybridized carbons (Fsp3) is 0.444. The molecule has 5 nitrogen and oxygen atoms in total. The van der Waals surface area contributed by atoms with Gasteiger partial charge in [0.15, 0.2) is 5.11 Å². The third-order valence-corrected chi connectivity index (χ3v) is 5.22. The molecule has 1 aromatic heterocycles. The van der Waals surface area contributed by atoms with Crippen LogP contribution in [0.15, 0.2) is 30.5 Å². The number of aryl methyl sites for hydroxylation is 1. The first-order valence-electron chi connectivity index (χ1n) is 8.67. The Hall–Kier alpha value is -2.13. The lowest BCUT2D eigenvalue weighted by molar-refractivity contribution is -0.136. The number of nitrogens with one attached hydrogen (secondary N) is 1. The van der Waals surface area contributed by atoms with E-state index in [1.807, 2.05) is 29.7 Å². The van der Waals surface area contributed by atoms with Crippen molar-refractivity contribution in [2.45, 2.75) is 19.6 Å². The Labute approximate surface area is 161 Å². The number of halogens is 3. The molecule has 146 valence electrons.